The largest absolute Gasteiger partial charge is 0.427 e. The van der Waals surface area contributed by atoms with Crippen molar-refractivity contribution < 1.29 is 22.7 Å². The summed E-state index contributed by atoms with van der Waals surface area (Å²) in [5, 5.41) is 2.78. The van der Waals surface area contributed by atoms with Crippen molar-refractivity contribution in [3.8, 4) is 5.75 Å². The topological polar surface area (TPSA) is 89.5 Å². The second-order valence-electron chi connectivity index (χ2n) is 6.11. The Morgan fingerprint density at radius 1 is 1.26 bits per heavy atom. The summed E-state index contributed by atoms with van der Waals surface area (Å²) in [6.07, 6.45) is 1.46. The lowest BCUT2D eigenvalue weighted by Crippen LogP contribution is -2.46. The standard InChI is InChI=1S/C16H21NO5S/c1-3-4-14(18)22-13-7-5-12(6-8-13)15(19)17-16(2)9-10-23(20,21)11-16/h5-8H,3-4,9-11H2,1-2H3,(H,17,19). The molecule has 1 unspecified atom stereocenters. The number of rotatable bonds is 5. The zero-order chi connectivity index (χ0) is 17.1. The minimum atomic E-state index is -3.08. The van der Waals surface area contributed by atoms with Crippen LogP contribution in [-0.4, -0.2) is 37.3 Å². The molecule has 1 heterocycles. The molecule has 0 aromatic heterocycles. The number of esters is 1. The molecule has 0 aliphatic carbocycles. The Morgan fingerprint density at radius 3 is 2.43 bits per heavy atom. The zero-order valence-electron chi connectivity index (χ0n) is 13.3. The summed E-state index contributed by atoms with van der Waals surface area (Å²) in [4.78, 5) is 23.6. The van der Waals surface area contributed by atoms with Crippen molar-refractivity contribution >= 4 is 21.7 Å². The molecule has 1 aromatic rings. The summed E-state index contributed by atoms with van der Waals surface area (Å²) < 4.78 is 28.3. The normalized spacial score (nSPS) is 22.5. The summed E-state index contributed by atoms with van der Waals surface area (Å²) in [6.45, 7) is 3.62. The van der Waals surface area contributed by atoms with Gasteiger partial charge in [0.05, 0.1) is 17.0 Å². The number of ether oxygens (including phenoxy) is 1. The third-order valence-corrected chi connectivity index (χ3v) is 5.62. The molecule has 1 saturated heterocycles. The fraction of sp³-hybridized carbons (Fsp3) is 0.500. The third kappa shape index (κ3) is 4.79. The van der Waals surface area contributed by atoms with Crippen molar-refractivity contribution in [1.29, 1.82) is 0 Å². The molecule has 1 aromatic carbocycles. The van der Waals surface area contributed by atoms with Crippen LogP contribution in [0.25, 0.3) is 0 Å². The summed E-state index contributed by atoms with van der Waals surface area (Å²) >= 11 is 0. The molecule has 0 saturated carbocycles. The molecule has 1 aliphatic rings. The Kier molecular flexibility index (Phi) is 5.09. The maximum Gasteiger partial charge on any atom is 0.311 e. The highest BCUT2D eigenvalue weighted by atomic mass is 32.2. The summed E-state index contributed by atoms with van der Waals surface area (Å²) in [6, 6.07) is 6.21. The lowest BCUT2D eigenvalue weighted by Gasteiger charge is -2.23. The van der Waals surface area contributed by atoms with E-state index in [9.17, 15) is 18.0 Å². The molecule has 1 N–H and O–H groups in total. The van der Waals surface area contributed by atoms with Crippen molar-refractivity contribution in [3.05, 3.63) is 29.8 Å². The quantitative estimate of drug-likeness (QED) is 0.651. The summed E-state index contributed by atoms with van der Waals surface area (Å²) in [7, 11) is -3.08. The van der Waals surface area contributed by atoms with Crippen molar-refractivity contribution in [2.75, 3.05) is 11.5 Å². The molecule has 0 radical (unpaired) electrons. The summed E-state index contributed by atoms with van der Waals surface area (Å²) in [5.74, 6) is -0.215. The molecular weight excluding hydrogens is 318 g/mol. The highest BCUT2D eigenvalue weighted by molar-refractivity contribution is 7.91. The molecular formula is C16H21NO5S. The molecule has 23 heavy (non-hydrogen) atoms. The summed E-state index contributed by atoms with van der Waals surface area (Å²) in [5.41, 5.74) is -0.340. The lowest BCUT2D eigenvalue weighted by atomic mass is 10.0. The highest BCUT2D eigenvalue weighted by Crippen LogP contribution is 2.23. The fourth-order valence-electron chi connectivity index (χ4n) is 2.52. The minimum absolute atomic E-state index is 0.0432. The van der Waals surface area contributed by atoms with Gasteiger partial charge in [0.15, 0.2) is 9.84 Å². The van der Waals surface area contributed by atoms with E-state index in [1.165, 1.54) is 0 Å². The van der Waals surface area contributed by atoms with E-state index < -0.39 is 15.4 Å². The third-order valence-electron chi connectivity index (χ3n) is 3.72. The SMILES string of the molecule is CCCC(=O)Oc1ccc(C(=O)NC2(C)CCS(=O)(=O)C2)cc1. The molecule has 7 heteroatoms. The molecule has 1 fully saturated rings. The number of carbonyl (C=O) groups is 2. The number of amides is 1. The first-order valence-electron chi connectivity index (χ1n) is 7.57. The number of hydrogen-bond acceptors (Lipinski definition) is 5. The van der Waals surface area contributed by atoms with Crippen molar-refractivity contribution in [2.45, 2.75) is 38.6 Å². The van der Waals surface area contributed by atoms with Gasteiger partial charge in [-0.25, -0.2) is 8.42 Å². The average molecular weight is 339 g/mol. The first kappa shape index (κ1) is 17.5. The molecule has 1 aliphatic heterocycles. The van der Waals surface area contributed by atoms with Gasteiger partial charge in [0, 0.05) is 12.0 Å². The Balaban J connectivity index is 1.99. The van der Waals surface area contributed by atoms with Crippen LogP contribution in [-0.2, 0) is 14.6 Å². The maximum absolute atomic E-state index is 12.2. The number of carbonyl (C=O) groups excluding carboxylic acids is 2. The number of sulfone groups is 1. The predicted octanol–water partition coefficient (Wildman–Crippen LogP) is 1.70. The van der Waals surface area contributed by atoms with E-state index in [0.29, 0.717) is 30.6 Å². The Morgan fingerprint density at radius 2 is 1.91 bits per heavy atom. The molecule has 0 spiro atoms. The maximum atomic E-state index is 12.2. The first-order valence-corrected chi connectivity index (χ1v) is 9.39. The van der Waals surface area contributed by atoms with Crippen LogP contribution in [0, 0.1) is 0 Å². The van der Waals surface area contributed by atoms with Gasteiger partial charge in [-0.05, 0) is 44.0 Å². The van der Waals surface area contributed by atoms with Crippen LogP contribution in [0.3, 0.4) is 0 Å². The second-order valence-corrected chi connectivity index (χ2v) is 8.29. The van der Waals surface area contributed by atoms with Gasteiger partial charge >= 0.3 is 5.97 Å². The first-order chi connectivity index (χ1) is 10.7. The van der Waals surface area contributed by atoms with Crippen LogP contribution in [0.1, 0.15) is 43.5 Å². The van der Waals surface area contributed by atoms with E-state index >= 15 is 0 Å². The van der Waals surface area contributed by atoms with Gasteiger partial charge in [-0.2, -0.15) is 0 Å². The fourth-order valence-corrected chi connectivity index (χ4v) is 4.61. The van der Waals surface area contributed by atoms with Crippen molar-refractivity contribution in [3.63, 3.8) is 0 Å². The van der Waals surface area contributed by atoms with E-state index in [-0.39, 0.29) is 23.4 Å². The van der Waals surface area contributed by atoms with Gasteiger partial charge in [0.1, 0.15) is 5.75 Å². The molecule has 126 valence electrons. The van der Waals surface area contributed by atoms with Crippen LogP contribution in [0.2, 0.25) is 0 Å². The average Bonchev–Trinajstić information content (AvgIpc) is 2.73. The van der Waals surface area contributed by atoms with E-state index in [4.69, 9.17) is 4.74 Å². The lowest BCUT2D eigenvalue weighted by molar-refractivity contribution is -0.134. The molecule has 2 rings (SSSR count). The van der Waals surface area contributed by atoms with Gasteiger partial charge in [-0.3, -0.25) is 9.59 Å². The predicted molar refractivity (Wildman–Crippen MR) is 86.1 cm³/mol. The number of benzene rings is 1. The zero-order valence-corrected chi connectivity index (χ0v) is 14.1. The Hall–Kier alpha value is -1.89. The van der Waals surface area contributed by atoms with E-state index in [1.807, 2.05) is 6.92 Å². The van der Waals surface area contributed by atoms with E-state index in [1.54, 1.807) is 31.2 Å². The van der Waals surface area contributed by atoms with Gasteiger partial charge < -0.3 is 10.1 Å². The van der Waals surface area contributed by atoms with Crippen LogP contribution < -0.4 is 10.1 Å². The van der Waals surface area contributed by atoms with Crippen molar-refractivity contribution in [2.24, 2.45) is 0 Å². The highest BCUT2D eigenvalue weighted by Gasteiger charge is 2.39. The van der Waals surface area contributed by atoms with Crippen molar-refractivity contribution in [1.82, 2.24) is 5.32 Å². The van der Waals surface area contributed by atoms with Crippen LogP contribution >= 0.6 is 0 Å². The van der Waals surface area contributed by atoms with Gasteiger partial charge in [-0.15, -0.1) is 0 Å². The van der Waals surface area contributed by atoms with E-state index in [0.717, 1.165) is 0 Å². The Bertz CT molecular complexity index is 696. The van der Waals surface area contributed by atoms with Gasteiger partial charge in [0.2, 0.25) is 0 Å². The van der Waals surface area contributed by atoms with Gasteiger partial charge in [-0.1, -0.05) is 6.92 Å². The van der Waals surface area contributed by atoms with Crippen LogP contribution in [0.15, 0.2) is 24.3 Å². The minimum Gasteiger partial charge on any atom is -0.427 e. The van der Waals surface area contributed by atoms with Crippen LogP contribution in [0.5, 0.6) is 5.75 Å². The second kappa shape index (κ2) is 6.70. The molecule has 0 bridgehead atoms. The van der Waals surface area contributed by atoms with E-state index in [2.05, 4.69) is 5.32 Å². The van der Waals surface area contributed by atoms with Gasteiger partial charge in [0.25, 0.3) is 5.91 Å². The smallest absolute Gasteiger partial charge is 0.311 e. The monoisotopic (exact) mass is 339 g/mol. The molecule has 6 nitrogen and oxygen atoms in total. The number of hydrogen-bond donors (Lipinski definition) is 1. The number of nitrogens with one attached hydrogen (secondary N) is 1. The Labute approximate surface area is 136 Å². The molecule has 1 atom stereocenters. The molecule has 1 amide bonds. The van der Waals surface area contributed by atoms with Crippen LogP contribution in [0.4, 0.5) is 0 Å².